The molecule has 1 aliphatic carbocycles. The maximum Gasteiger partial charge on any atom is 0.258 e. The normalized spacial score (nSPS) is 21.1. The van der Waals surface area contributed by atoms with Crippen molar-refractivity contribution in [2.45, 2.75) is 52.6 Å². The molecule has 6 nitrogen and oxygen atoms in total. The maximum absolute atomic E-state index is 12.5. The van der Waals surface area contributed by atoms with Crippen LogP contribution in [-0.4, -0.2) is 35.3 Å². The second-order valence-corrected chi connectivity index (χ2v) is 6.69. The van der Waals surface area contributed by atoms with E-state index in [2.05, 4.69) is 22.4 Å². The van der Waals surface area contributed by atoms with Crippen LogP contribution in [0.3, 0.4) is 0 Å². The van der Waals surface area contributed by atoms with Crippen LogP contribution in [0.4, 0.5) is 0 Å². The third-order valence-electron chi connectivity index (χ3n) is 4.74. The number of hydrogen-bond acceptors (Lipinski definition) is 5. The minimum Gasteiger partial charge on any atom is -0.376 e. The second-order valence-electron chi connectivity index (χ2n) is 6.69. The van der Waals surface area contributed by atoms with Gasteiger partial charge in [-0.25, -0.2) is 4.98 Å². The highest BCUT2D eigenvalue weighted by Crippen LogP contribution is 2.26. The number of fused-ring (bicyclic) bond motifs is 1. The van der Waals surface area contributed by atoms with E-state index in [9.17, 15) is 4.79 Å². The summed E-state index contributed by atoms with van der Waals surface area (Å²) >= 11 is 0. The second kappa shape index (κ2) is 7.30. The van der Waals surface area contributed by atoms with E-state index < -0.39 is 0 Å². The summed E-state index contributed by atoms with van der Waals surface area (Å²) in [6.45, 7) is 6.92. The summed E-state index contributed by atoms with van der Waals surface area (Å²) in [6, 6.07) is 1.77. The van der Waals surface area contributed by atoms with Crippen LogP contribution in [0.15, 0.2) is 10.6 Å². The van der Waals surface area contributed by atoms with Crippen molar-refractivity contribution >= 4 is 17.0 Å². The van der Waals surface area contributed by atoms with Crippen LogP contribution < -0.4 is 5.32 Å². The van der Waals surface area contributed by atoms with Crippen LogP contribution >= 0.6 is 0 Å². The molecule has 0 bridgehead atoms. The zero-order valence-corrected chi connectivity index (χ0v) is 14.6. The standard InChI is InChI=1S/C18H25N3O3/c1-11-6-4-5-7-15(11)23-9-8-19-17(22)14-10-12(2)20-18-16(14)13(3)21-24-18/h10-11,15H,4-9H2,1-3H3,(H,19,22)/t11-,15+/m0/s1. The molecule has 2 atom stereocenters. The van der Waals surface area contributed by atoms with Gasteiger partial charge in [-0.3, -0.25) is 4.79 Å². The van der Waals surface area contributed by atoms with Crippen molar-refractivity contribution < 1.29 is 14.1 Å². The zero-order chi connectivity index (χ0) is 17.1. The largest absolute Gasteiger partial charge is 0.376 e. The number of aromatic nitrogens is 2. The molecule has 0 aromatic carbocycles. The monoisotopic (exact) mass is 331 g/mol. The SMILES string of the molecule is Cc1cc(C(=O)NCCO[C@@H]2CCCC[C@@H]2C)c2c(C)noc2n1. The lowest BCUT2D eigenvalue weighted by Gasteiger charge is -2.28. The number of carbonyl (C=O) groups is 1. The molecule has 0 unspecified atom stereocenters. The topological polar surface area (TPSA) is 77.2 Å². The molecule has 1 fully saturated rings. The van der Waals surface area contributed by atoms with Crippen LogP contribution in [0.1, 0.15) is 54.4 Å². The van der Waals surface area contributed by atoms with Gasteiger partial charge in [0.15, 0.2) is 0 Å². The van der Waals surface area contributed by atoms with Gasteiger partial charge >= 0.3 is 0 Å². The Labute approximate surface area is 141 Å². The van der Waals surface area contributed by atoms with Crippen molar-refractivity contribution in [2.24, 2.45) is 5.92 Å². The van der Waals surface area contributed by atoms with E-state index >= 15 is 0 Å². The molecule has 0 saturated heterocycles. The summed E-state index contributed by atoms with van der Waals surface area (Å²) < 4.78 is 11.1. The molecule has 1 saturated carbocycles. The molecular weight excluding hydrogens is 306 g/mol. The Balaban J connectivity index is 1.58. The van der Waals surface area contributed by atoms with E-state index in [1.54, 1.807) is 6.07 Å². The molecule has 24 heavy (non-hydrogen) atoms. The van der Waals surface area contributed by atoms with Gasteiger partial charge in [-0.1, -0.05) is 24.9 Å². The first kappa shape index (κ1) is 16.9. The molecule has 3 rings (SSSR count). The molecule has 130 valence electrons. The molecule has 0 spiro atoms. The van der Waals surface area contributed by atoms with Crippen molar-refractivity contribution in [3.63, 3.8) is 0 Å². The molecule has 0 radical (unpaired) electrons. The quantitative estimate of drug-likeness (QED) is 0.852. The molecule has 2 aromatic rings. The Morgan fingerprint density at radius 3 is 2.96 bits per heavy atom. The summed E-state index contributed by atoms with van der Waals surface area (Å²) in [7, 11) is 0. The van der Waals surface area contributed by atoms with Crippen LogP contribution in [-0.2, 0) is 4.74 Å². The minimum absolute atomic E-state index is 0.142. The number of nitrogens with zero attached hydrogens (tertiary/aromatic N) is 2. The van der Waals surface area contributed by atoms with Crippen LogP contribution in [0, 0.1) is 19.8 Å². The Kier molecular flexibility index (Phi) is 5.14. The molecule has 6 heteroatoms. The molecular formula is C18H25N3O3. The lowest BCUT2D eigenvalue weighted by Crippen LogP contribution is -2.32. The number of pyridine rings is 1. The smallest absolute Gasteiger partial charge is 0.258 e. The number of carbonyl (C=O) groups excluding carboxylic acids is 1. The van der Waals surface area contributed by atoms with Crippen LogP contribution in [0.25, 0.3) is 11.1 Å². The highest BCUT2D eigenvalue weighted by molar-refractivity contribution is 6.06. The molecule has 2 aromatic heterocycles. The summed E-state index contributed by atoms with van der Waals surface area (Å²) in [5.41, 5.74) is 2.37. The third-order valence-corrected chi connectivity index (χ3v) is 4.74. The molecule has 1 N–H and O–H groups in total. The van der Waals surface area contributed by atoms with Crippen LogP contribution in [0.5, 0.6) is 0 Å². The van der Waals surface area contributed by atoms with Gasteiger partial charge < -0.3 is 14.6 Å². The lowest BCUT2D eigenvalue weighted by molar-refractivity contribution is -0.00293. The Morgan fingerprint density at radius 1 is 1.38 bits per heavy atom. The van der Waals surface area contributed by atoms with Crippen molar-refractivity contribution in [1.29, 1.82) is 0 Å². The predicted octanol–water partition coefficient (Wildman–Crippen LogP) is 3.16. The van der Waals surface area contributed by atoms with E-state index in [-0.39, 0.29) is 5.91 Å². The predicted molar refractivity (Wildman–Crippen MR) is 91.0 cm³/mol. The number of ether oxygens (including phenoxy) is 1. The fourth-order valence-electron chi connectivity index (χ4n) is 3.40. The van der Waals surface area contributed by atoms with E-state index in [4.69, 9.17) is 9.26 Å². The summed E-state index contributed by atoms with van der Waals surface area (Å²) in [5.74, 6) is 0.466. The zero-order valence-electron chi connectivity index (χ0n) is 14.6. The number of hydrogen-bond donors (Lipinski definition) is 1. The van der Waals surface area contributed by atoms with Crippen molar-refractivity contribution in [2.75, 3.05) is 13.2 Å². The highest BCUT2D eigenvalue weighted by Gasteiger charge is 2.22. The fourth-order valence-corrected chi connectivity index (χ4v) is 3.40. The van der Waals surface area contributed by atoms with Gasteiger partial charge in [-0.05, 0) is 38.7 Å². The van der Waals surface area contributed by atoms with Crippen LogP contribution in [0.2, 0.25) is 0 Å². The van der Waals surface area contributed by atoms with Gasteiger partial charge in [-0.15, -0.1) is 0 Å². The van der Waals surface area contributed by atoms with E-state index in [1.165, 1.54) is 19.3 Å². The summed E-state index contributed by atoms with van der Waals surface area (Å²) in [6.07, 6.45) is 5.22. The molecule has 1 aliphatic rings. The van der Waals surface area contributed by atoms with Gasteiger partial charge in [0, 0.05) is 12.2 Å². The van der Waals surface area contributed by atoms with Crippen molar-refractivity contribution in [3.05, 3.63) is 23.0 Å². The van der Waals surface area contributed by atoms with E-state index in [1.807, 2.05) is 13.8 Å². The van der Waals surface area contributed by atoms with E-state index in [0.717, 1.165) is 12.1 Å². The molecule has 2 heterocycles. The number of amides is 1. The Hall–Kier alpha value is -1.95. The van der Waals surface area contributed by atoms with Gasteiger partial charge in [0.1, 0.15) is 0 Å². The first-order valence-electron chi connectivity index (χ1n) is 8.69. The number of rotatable bonds is 5. The highest BCUT2D eigenvalue weighted by atomic mass is 16.5. The Bertz CT molecular complexity index is 726. The van der Waals surface area contributed by atoms with Crippen molar-refractivity contribution in [3.8, 4) is 0 Å². The fraction of sp³-hybridized carbons (Fsp3) is 0.611. The first-order valence-corrected chi connectivity index (χ1v) is 8.69. The van der Waals surface area contributed by atoms with E-state index in [0.29, 0.717) is 47.5 Å². The minimum atomic E-state index is -0.142. The number of aryl methyl sites for hydroxylation is 2. The molecule has 0 aliphatic heterocycles. The Morgan fingerprint density at radius 2 is 2.17 bits per heavy atom. The van der Waals surface area contributed by atoms with Gasteiger partial charge in [-0.2, -0.15) is 0 Å². The summed E-state index contributed by atoms with van der Waals surface area (Å²) in [4.78, 5) is 16.8. The van der Waals surface area contributed by atoms with Gasteiger partial charge in [0.2, 0.25) is 0 Å². The summed E-state index contributed by atoms with van der Waals surface area (Å²) in [5, 5.41) is 7.51. The first-order chi connectivity index (χ1) is 11.6. The average Bonchev–Trinajstić information content (AvgIpc) is 2.93. The number of nitrogens with one attached hydrogen (secondary N) is 1. The molecule has 1 amide bonds. The van der Waals surface area contributed by atoms with Gasteiger partial charge in [0.05, 0.1) is 29.4 Å². The average molecular weight is 331 g/mol. The maximum atomic E-state index is 12.5. The lowest BCUT2D eigenvalue weighted by atomic mass is 9.88. The third kappa shape index (κ3) is 3.59. The van der Waals surface area contributed by atoms with Gasteiger partial charge in [0.25, 0.3) is 11.6 Å². The van der Waals surface area contributed by atoms with Crippen molar-refractivity contribution in [1.82, 2.24) is 15.5 Å².